The van der Waals surface area contributed by atoms with Crippen LogP contribution >= 0.6 is 0 Å². The molecule has 3 nitrogen and oxygen atoms in total. The van der Waals surface area contributed by atoms with Crippen LogP contribution in [0.2, 0.25) is 0 Å². The summed E-state index contributed by atoms with van der Waals surface area (Å²) in [6.45, 7) is 6.54. The molecule has 3 heteroatoms. The largest absolute Gasteiger partial charge is 0.221 e. The van der Waals surface area contributed by atoms with Gasteiger partial charge in [0.2, 0.25) is 0 Å². The molecule has 0 unspecified atom stereocenters. The highest BCUT2D eigenvalue weighted by molar-refractivity contribution is 4.78. The Bertz CT molecular complexity index is 166. The Labute approximate surface area is 119 Å². The number of hydrogen-bond acceptors (Lipinski definition) is 3. The van der Waals surface area contributed by atoms with E-state index in [2.05, 4.69) is 25.8 Å². The van der Waals surface area contributed by atoms with Crippen LogP contribution in [-0.4, -0.2) is 10.9 Å². The van der Waals surface area contributed by atoms with E-state index in [1.807, 2.05) is 0 Å². The molecule has 0 saturated carbocycles. The highest BCUT2D eigenvalue weighted by Gasteiger charge is 2.30. The van der Waals surface area contributed by atoms with Gasteiger partial charge in [0, 0.05) is 0 Å². The smallest absolute Gasteiger partial charge is 0.107 e. The van der Waals surface area contributed by atoms with Gasteiger partial charge < -0.3 is 0 Å². The molecule has 0 saturated heterocycles. The second-order valence-corrected chi connectivity index (χ2v) is 5.71. The molecular weight excluding hydrogens is 240 g/mol. The van der Waals surface area contributed by atoms with Crippen molar-refractivity contribution in [2.45, 2.75) is 103 Å². The zero-order valence-corrected chi connectivity index (χ0v) is 13.2. The van der Waals surface area contributed by atoms with Crippen LogP contribution in [0, 0.1) is 0 Å². The summed E-state index contributed by atoms with van der Waals surface area (Å²) in [6, 6.07) is 0. The minimum absolute atomic E-state index is 0.276. The van der Waals surface area contributed by atoms with Gasteiger partial charge in [-0.25, -0.2) is 5.26 Å². The third kappa shape index (κ3) is 9.42. The molecule has 0 aromatic carbocycles. The lowest BCUT2D eigenvalue weighted by Crippen LogP contribution is -2.32. The fourth-order valence-electron chi connectivity index (χ4n) is 2.89. The Morgan fingerprint density at radius 3 is 1.68 bits per heavy atom. The first-order chi connectivity index (χ1) is 9.24. The zero-order chi connectivity index (χ0) is 14.4. The van der Waals surface area contributed by atoms with Gasteiger partial charge in [-0.3, -0.25) is 0 Å². The van der Waals surface area contributed by atoms with Crippen LogP contribution in [0.4, 0.5) is 0 Å². The fraction of sp³-hybridized carbons (Fsp3) is 1.00. The number of rotatable bonds is 14. The van der Waals surface area contributed by atoms with Gasteiger partial charge in [-0.1, -0.05) is 83.6 Å². The number of hydrogen-bond donors (Lipinski definition) is 1. The van der Waals surface area contributed by atoms with Crippen molar-refractivity contribution in [3.63, 3.8) is 0 Å². The molecular formula is C16H34O3. The van der Waals surface area contributed by atoms with E-state index in [1.165, 1.54) is 38.5 Å². The standard InChI is InChI=1S/C16H34O3/c1-4-7-8-9-10-11-12-15-16(13-5-2,14-6-3)18-19-17/h17H,4-15H2,1-3H3. The van der Waals surface area contributed by atoms with Crippen LogP contribution in [0.5, 0.6) is 0 Å². The average Bonchev–Trinajstić information content (AvgIpc) is 2.39. The van der Waals surface area contributed by atoms with Crippen molar-refractivity contribution >= 4 is 0 Å². The van der Waals surface area contributed by atoms with Crippen molar-refractivity contribution < 1.29 is 15.2 Å². The van der Waals surface area contributed by atoms with E-state index in [-0.39, 0.29) is 5.60 Å². The summed E-state index contributed by atoms with van der Waals surface area (Å²) in [5.41, 5.74) is -0.276. The van der Waals surface area contributed by atoms with Gasteiger partial charge in [-0.05, 0) is 19.3 Å². The summed E-state index contributed by atoms with van der Waals surface area (Å²) >= 11 is 0. The first-order valence-corrected chi connectivity index (χ1v) is 8.24. The first kappa shape index (κ1) is 18.9. The van der Waals surface area contributed by atoms with E-state index in [0.717, 1.165) is 38.5 Å². The van der Waals surface area contributed by atoms with Crippen molar-refractivity contribution in [2.24, 2.45) is 0 Å². The maximum Gasteiger partial charge on any atom is 0.107 e. The summed E-state index contributed by atoms with van der Waals surface area (Å²) in [7, 11) is 0. The monoisotopic (exact) mass is 274 g/mol. The van der Waals surface area contributed by atoms with Crippen molar-refractivity contribution in [2.75, 3.05) is 0 Å². The molecule has 0 spiro atoms. The van der Waals surface area contributed by atoms with E-state index >= 15 is 0 Å². The van der Waals surface area contributed by atoms with E-state index in [9.17, 15) is 0 Å². The molecule has 0 heterocycles. The van der Waals surface area contributed by atoms with Gasteiger partial charge in [0.1, 0.15) is 5.60 Å². The lowest BCUT2D eigenvalue weighted by molar-refractivity contribution is -0.528. The summed E-state index contributed by atoms with van der Waals surface area (Å²) < 4.78 is 0. The van der Waals surface area contributed by atoms with Crippen molar-refractivity contribution in [1.29, 1.82) is 0 Å². The summed E-state index contributed by atoms with van der Waals surface area (Å²) in [4.78, 5) is 5.21. The molecule has 0 aliphatic carbocycles. The predicted molar refractivity (Wildman–Crippen MR) is 80.0 cm³/mol. The van der Waals surface area contributed by atoms with Crippen molar-refractivity contribution in [1.82, 2.24) is 0 Å². The topological polar surface area (TPSA) is 38.7 Å². The predicted octanol–water partition coefficient (Wildman–Crippen LogP) is 5.89. The lowest BCUT2D eigenvalue weighted by atomic mass is 9.87. The fourth-order valence-corrected chi connectivity index (χ4v) is 2.89. The molecule has 0 radical (unpaired) electrons. The highest BCUT2D eigenvalue weighted by Crippen LogP contribution is 2.30. The third-order valence-electron chi connectivity index (χ3n) is 3.86. The Morgan fingerprint density at radius 2 is 1.21 bits per heavy atom. The highest BCUT2D eigenvalue weighted by atomic mass is 17.5. The van der Waals surface area contributed by atoms with Crippen LogP contribution in [0.3, 0.4) is 0 Å². The van der Waals surface area contributed by atoms with Crippen molar-refractivity contribution in [3.05, 3.63) is 0 Å². The first-order valence-electron chi connectivity index (χ1n) is 8.24. The lowest BCUT2D eigenvalue weighted by Gasteiger charge is -2.30. The Balaban J connectivity index is 3.89. The molecule has 0 aromatic heterocycles. The Kier molecular flexibility index (Phi) is 12.8. The molecule has 1 N–H and O–H groups in total. The SMILES string of the molecule is CCCCCCCCCC(CCC)(CCC)OOO. The van der Waals surface area contributed by atoms with Gasteiger partial charge in [-0.2, -0.15) is 4.89 Å². The summed E-state index contributed by atoms with van der Waals surface area (Å²) in [5.74, 6) is 0. The second kappa shape index (κ2) is 12.9. The summed E-state index contributed by atoms with van der Waals surface area (Å²) in [6.07, 6.45) is 14.1. The summed E-state index contributed by atoms with van der Waals surface area (Å²) in [5, 5.41) is 12.7. The maximum atomic E-state index is 8.63. The van der Waals surface area contributed by atoms with Crippen LogP contribution in [0.1, 0.15) is 97.8 Å². The van der Waals surface area contributed by atoms with Gasteiger partial charge in [0.25, 0.3) is 0 Å². The van der Waals surface area contributed by atoms with Crippen molar-refractivity contribution in [3.8, 4) is 0 Å². The second-order valence-electron chi connectivity index (χ2n) is 5.71. The zero-order valence-electron chi connectivity index (χ0n) is 13.2. The van der Waals surface area contributed by atoms with Gasteiger partial charge in [-0.15, -0.1) is 0 Å². The quantitative estimate of drug-likeness (QED) is 0.244. The van der Waals surface area contributed by atoms with Crippen LogP contribution in [-0.2, 0) is 9.93 Å². The van der Waals surface area contributed by atoms with E-state index < -0.39 is 0 Å². The van der Waals surface area contributed by atoms with Gasteiger partial charge >= 0.3 is 0 Å². The molecule has 0 aromatic rings. The average molecular weight is 274 g/mol. The van der Waals surface area contributed by atoms with E-state index in [1.54, 1.807) is 0 Å². The third-order valence-corrected chi connectivity index (χ3v) is 3.86. The molecule has 19 heavy (non-hydrogen) atoms. The van der Waals surface area contributed by atoms with E-state index in [4.69, 9.17) is 10.1 Å². The molecule has 0 fully saturated rings. The van der Waals surface area contributed by atoms with Crippen LogP contribution < -0.4 is 0 Å². The molecule has 0 atom stereocenters. The van der Waals surface area contributed by atoms with E-state index in [0.29, 0.717) is 0 Å². The Morgan fingerprint density at radius 1 is 0.684 bits per heavy atom. The maximum absolute atomic E-state index is 8.63. The Hall–Kier alpha value is -0.120. The van der Waals surface area contributed by atoms with Gasteiger partial charge in [0.15, 0.2) is 0 Å². The minimum atomic E-state index is -0.276. The molecule has 0 bridgehead atoms. The molecule has 0 amide bonds. The molecule has 0 rings (SSSR count). The minimum Gasteiger partial charge on any atom is -0.221 e. The molecule has 0 aliphatic heterocycles. The number of unbranched alkanes of at least 4 members (excludes halogenated alkanes) is 6. The molecule has 116 valence electrons. The van der Waals surface area contributed by atoms with Crippen LogP contribution in [0.15, 0.2) is 0 Å². The normalized spacial score (nSPS) is 12.0. The van der Waals surface area contributed by atoms with Crippen LogP contribution in [0.25, 0.3) is 0 Å². The van der Waals surface area contributed by atoms with Gasteiger partial charge in [0.05, 0.1) is 0 Å². The molecule has 0 aliphatic rings.